The SMILES string of the molecule is CCOCCN(C)c1ccc(C(=N)N)cc1. The first-order valence-electron chi connectivity index (χ1n) is 5.38. The van der Waals surface area contributed by atoms with Gasteiger partial charge in [0.15, 0.2) is 0 Å². The minimum Gasteiger partial charge on any atom is -0.384 e. The molecule has 0 spiro atoms. The van der Waals surface area contributed by atoms with Gasteiger partial charge in [-0.1, -0.05) is 0 Å². The van der Waals surface area contributed by atoms with Crippen LogP contribution >= 0.6 is 0 Å². The van der Waals surface area contributed by atoms with Gasteiger partial charge in [-0.2, -0.15) is 0 Å². The van der Waals surface area contributed by atoms with Crippen LogP contribution in [-0.4, -0.2) is 32.6 Å². The summed E-state index contributed by atoms with van der Waals surface area (Å²) >= 11 is 0. The normalized spacial score (nSPS) is 10.1. The quantitative estimate of drug-likeness (QED) is 0.434. The average molecular weight is 221 g/mol. The Hall–Kier alpha value is -1.55. The molecule has 88 valence electrons. The zero-order valence-corrected chi connectivity index (χ0v) is 9.86. The number of likely N-dealkylation sites (N-methyl/N-ethyl adjacent to an activating group) is 1. The minimum absolute atomic E-state index is 0.100. The van der Waals surface area contributed by atoms with Crippen molar-refractivity contribution < 1.29 is 4.74 Å². The summed E-state index contributed by atoms with van der Waals surface area (Å²) in [6, 6.07) is 7.63. The van der Waals surface area contributed by atoms with Crippen molar-refractivity contribution in [2.75, 3.05) is 31.7 Å². The Morgan fingerprint density at radius 3 is 2.50 bits per heavy atom. The molecule has 0 aliphatic heterocycles. The third-order valence-electron chi connectivity index (χ3n) is 2.39. The number of amidine groups is 1. The summed E-state index contributed by atoms with van der Waals surface area (Å²) in [5.74, 6) is 0.100. The topological polar surface area (TPSA) is 62.3 Å². The second-order valence-corrected chi connectivity index (χ2v) is 3.58. The second-order valence-electron chi connectivity index (χ2n) is 3.58. The van der Waals surface area contributed by atoms with Crippen molar-refractivity contribution in [3.05, 3.63) is 29.8 Å². The first-order valence-corrected chi connectivity index (χ1v) is 5.38. The number of hydrogen-bond acceptors (Lipinski definition) is 3. The predicted molar refractivity (Wildman–Crippen MR) is 67.2 cm³/mol. The molecule has 4 heteroatoms. The van der Waals surface area contributed by atoms with Crippen LogP contribution < -0.4 is 10.6 Å². The van der Waals surface area contributed by atoms with Crippen molar-refractivity contribution in [3.8, 4) is 0 Å². The van der Waals surface area contributed by atoms with Gasteiger partial charge in [-0.15, -0.1) is 0 Å². The third-order valence-corrected chi connectivity index (χ3v) is 2.39. The second kappa shape index (κ2) is 6.12. The maximum Gasteiger partial charge on any atom is 0.122 e. The van der Waals surface area contributed by atoms with Crippen LogP contribution in [0.15, 0.2) is 24.3 Å². The monoisotopic (exact) mass is 221 g/mol. The number of nitrogen functional groups attached to an aromatic ring is 1. The van der Waals surface area contributed by atoms with Crippen LogP contribution in [0.4, 0.5) is 5.69 Å². The number of rotatable bonds is 6. The van der Waals surface area contributed by atoms with Crippen LogP contribution in [0, 0.1) is 5.41 Å². The average Bonchev–Trinajstić information content (AvgIpc) is 2.29. The van der Waals surface area contributed by atoms with E-state index >= 15 is 0 Å². The van der Waals surface area contributed by atoms with Crippen LogP contribution in [0.25, 0.3) is 0 Å². The van der Waals surface area contributed by atoms with Gasteiger partial charge in [0.2, 0.25) is 0 Å². The Morgan fingerprint density at radius 1 is 1.38 bits per heavy atom. The zero-order valence-electron chi connectivity index (χ0n) is 9.86. The molecule has 0 saturated carbocycles. The lowest BCUT2D eigenvalue weighted by Crippen LogP contribution is -2.22. The molecule has 0 radical (unpaired) electrons. The highest BCUT2D eigenvalue weighted by Gasteiger charge is 2.01. The Balaban J connectivity index is 2.56. The summed E-state index contributed by atoms with van der Waals surface area (Å²) in [7, 11) is 2.02. The van der Waals surface area contributed by atoms with E-state index in [9.17, 15) is 0 Å². The standard InChI is InChI=1S/C12H19N3O/c1-3-16-9-8-15(2)11-6-4-10(5-7-11)12(13)14/h4-7H,3,8-9H2,1-2H3,(H3,13,14). The molecular formula is C12H19N3O. The molecule has 0 atom stereocenters. The smallest absolute Gasteiger partial charge is 0.122 e. The highest BCUT2D eigenvalue weighted by atomic mass is 16.5. The summed E-state index contributed by atoms with van der Waals surface area (Å²) in [6.07, 6.45) is 0. The summed E-state index contributed by atoms with van der Waals surface area (Å²) < 4.78 is 5.29. The van der Waals surface area contributed by atoms with Gasteiger partial charge in [0.05, 0.1) is 6.61 Å². The molecule has 0 aliphatic rings. The van der Waals surface area contributed by atoms with Crippen molar-refractivity contribution >= 4 is 11.5 Å². The van der Waals surface area contributed by atoms with Gasteiger partial charge >= 0.3 is 0 Å². The fourth-order valence-corrected chi connectivity index (χ4v) is 1.37. The number of nitrogens with two attached hydrogens (primary N) is 1. The van der Waals surface area contributed by atoms with E-state index in [1.165, 1.54) is 0 Å². The highest BCUT2D eigenvalue weighted by Crippen LogP contribution is 2.13. The molecule has 0 amide bonds. The van der Waals surface area contributed by atoms with Crippen molar-refractivity contribution in [3.63, 3.8) is 0 Å². The maximum absolute atomic E-state index is 7.29. The first kappa shape index (κ1) is 12.5. The summed E-state index contributed by atoms with van der Waals surface area (Å²) in [5, 5.41) is 7.29. The van der Waals surface area contributed by atoms with Crippen LogP contribution in [0.1, 0.15) is 12.5 Å². The van der Waals surface area contributed by atoms with Crippen LogP contribution in [0.3, 0.4) is 0 Å². The van der Waals surface area contributed by atoms with E-state index in [4.69, 9.17) is 15.9 Å². The number of anilines is 1. The Labute approximate surface area is 96.5 Å². The number of ether oxygens (including phenoxy) is 1. The lowest BCUT2D eigenvalue weighted by Gasteiger charge is -2.19. The van der Waals surface area contributed by atoms with Crippen LogP contribution in [-0.2, 0) is 4.74 Å². The van der Waals surface area contributed by atoms with Crippen molar-refractivity contribution in [2.45, 2.75) is 6.92 Å². The molecule has 0 heterocycles. The number of nitrogens with one attached hydrogen (secondary N) is 1. The summed E-state index contributed by atoms with van der Waals surface area (Å²) in [4.78, 5) is 2.11. The summed E-state index contributed by atoms with van der Waals surface area (Å²) in [6.45, 7) is 4.31. The lowest BCUT2D eigenvalue weighted by molar-refractivity contribution is 0.154. The molecule has 0 bridgehead atoms. The zero-order chi connectivity index (χ0) is 12.0. The highest BCUT2D eigenvalue weighted by molar-refractivity contribution is 5.95. The van der Waals surface area contributed by atoms with Gasteiger partial charge in [-0.25, -0.2) is 0 Å². The van der Waals surface area contributed by atoms with Gasteiger partial charge in [0.25, 0.3) is 0 Å². The van der Waals surface area contributed by atoms with Gasteiger partial charge in [-0.3, -0.25) is 5.41 Å². The van der Waals surface area contributed by atoms with E-state index < -0.39 is 0 Å². The van der Waals surface area contributed by atoms with E-state index in [1.807, 2.05) is 38.2 Å². The largest absolute Gasteiger partial charge is 0.384 e. The third kappa shape index (κ3) is 3.55. The van der Waals surface area contributed by atoms with E-state index in [-0.39, 0.29) is 5.84 Å². The minimum atomic E-state index is 0.100. The Kier molecular flexibility index (Phi) is 4.79. The van der Waals surface area contributed by atoms with Crippen molar-refractivity contribution in [1.82, 2.24) is 0 Å². The van der Waals surface area contributed by atoms with Gasteiger partial charge in [0, 0.05) is 31.5 Å². The molecule has 0 aromatic heterocycles. The Bertz CT molecular complexity index is 335. The molecule has 1 aromatic rings. The predicted octanol–water partition coefficient (Wildman–Crippen LogP) is 1.44. The number of nitrogens with zero attached hydrogens (tertiary/aromatic N) is 1. The fourth-order valence-electron chi connectivity index (χ4n) is 1.37. The van der Waals surface area contributed by atoms with Crippen molar-refractivity contribution in [2.24, 2.45) is 5.73 Å². The summed E-state index contributed by atoms with van der Waals surface area (Å²) in [5.41, 5.74) is 7.24. The van der Waals surface area contributed by atoms with Crippen molar-refractivity contribution in [1.29, 1.82) is 5.41 Å². The molecule has 0 aliphatic carbocycles. The number of benzene rings is 1. The molecule has 1 rings (SSSR count). The van der Waals surface area contributed by atoms with Crippen LogP contribution in [0.2, 0.25) is 0 Å². The molecular weight excluding hydrogens is 202 g/mol. The number of hydrogen-bond donors (Lipinski definition) is 2. The maximum atomic E-state index is 7.29. The van der Waals surface area contributed by atoms with E-state index in [0.29, 0.717) is 0 Å². The van der Waals surface area contributed by atoms with E-state index in [2.05, 4.69) is 4.90 Å². The van der Waals surface area contributed by atoms with Gasteiger partial charge in [0.1, 0.15) is 5.84 Å². The molecule has 3 N–H and O–H groups in total. The molecule has 0 fully saturated rings. The molecule has 0 saturated heterocycles. The molecule has 16 heavy (non-hydrogen) atoms. The van der Waals surface area contributed by atoms with Crippen LogP contribution in [0.5, 0.6) is 0 Å². The fraction of sp³-hybridized carbons (Fsp3) is 0.417. The first-order chi connectivity index (χ1) is 7.65. The molecule has 1 aromatic carbocycles. The molecule has 4 nitrogen and oxygen atoms in total. The Morgan fingerprint density at radius 2 is 2.00 bits per heavy atom. The van der Waals surface area contributed by atoms with Gasteiger partial charge in [-0.05, 0) is 31.2 Å². The van der Waals surface area contributed by atoms with E-state index in [0.717, 1.165) is 31.0 Å². The van der Waals surface area contributed by atoms with E-state index in [1.54, 1.807) is 0 Å². The lowest BCUT2D eigenvalue weighted by atomic mass is 10.2. The molecule has 0 unspecified atom stereocenters. The van der Waals surface area contributed by atoms with Gasteiger partial charge < -0.3 is 15.4 Å².